The Labute approximate surface area is 129 Å². The zero-order valence-electron chi connectivity index (χ0n) is 11.5. The lowest BCUT2D eigenvalue weighted by Gasteiger charge is -2.40. The molecule has 5 heteroatoms. The third kappa shape index (κ3) is 3.27. The minimum absolute atomic E-state index is 0.0250. The zero-order chi connectivity index (χ0) is 14.8. The highest BCUT2D eigenvalue weighted by Gasteiger charge is 2.34. The highest BCUT2D eigenvalue weighted by atomic mass is 35.5. The predicted molar refractivity (Wildman–Crippen MR) is 81.4 cm³/mol. The molecule has 0 spiro atoms. The maximum Gasteiger partial charge on any atom is 0.253 e. The highest BCUT2D eigenvalue weighted by Crippen LogP contribution is 2.34. The molecule has 0 aliphatic carbocycles. The van der Waals surface area contributed by atoms with Gasteiger partial charge >= 0.3 is 0 Å². The molecule has 1 saturated heterocycles. The second kappa shape index (κ2) is 6.33. The standard InChI is InChI=1S/C15H19Cl2NO2/c1-2-15(10-19)3-5-18(6-4-15)14(20)11-7-12(16)9-13(17)8-11/h7-9,19H,2-6,10H2,1H3. The van der Waals surface area contributed by atoms with Crippen molar-refractivity contribution in [3.05, 3.63) is 33.8 Å². The van der Waals surface area contributed by atoms with Gasteiger partial charge in [0.2, 0.25) is 0 Å². The van der Waals surface area contributed by atoms with Crippen LogP contribution in [0.25, 0.3) is 0 Å². The molecule has 0 unspecified atom stereocenters. The largest absolute Gasteiger partial charge is 0.396 e. The van der Waals surface area contributed by atoms with Gasteiger partial charge in [0.15, 0.2) is 0 Å². The smallest absolute Gasteiger partial charge is 0.253 e. The van der Waals surface area contributed by atoms with E-state index in [9.17, 15) is 9.90 Å². The van der Waals surface area contributed by atoms with E-state index in [2.05, 4.69) is 6.92 Å². The molecule has 1 aromatic rings. The Kier molecular flexibility index (Phi) is 4.95. The molecule has 110 valence electrons. The summed E-state index contributed by atoms with van der Waals surface area (Å²) >= 11 is 11.9. The minimum Gasteiger partial charge on any atom is -0.396 e. The molecule has 0 aromatic heterocycles. The number of nitrogens with zero attached hydrogens (tertiary/aromatic N) is 1. The first-order chi connectivity index (χ1) is 9.49. The summed E-state index contributed by atoms with van der Waals surface area (Å²) in [5.41, 5.74) is 0.499. The number of halogens is 2. The van der Waals surface area contributed by atoms with E-state index in [1.807, 2.05) is 4.90 Å². The Hall–Kier alpha value is -0.770. The third-order valence-electron chi connectivity index (χ3n) is 4.31. The SMILES string of the molecule is CCC1(CO)CCN(C(=O)c2cc(Cl)cc(Cl)c2)CC1. The van der Waals surface area contributed by atoms with Gasteiger partial charge in [0.05, 0.1) is 0 Å². The lowest BCUT2D eigenvalue weighted by molar-refractivity contribution is 0.0338. The quantitative estimate of drug-likeness (QED) is 0.925. The number of carbonyl (C=O) groups excluding carboxylic acids is 1. The van der Waals surface area contributed by atoms with E-state index in [1.165, 1.54) is 0 Å². The van der Waals surface area contributed by atoms with Crippen molar-refractivity contribution in [3.8, 4) is 0 Å². The van der Waals surface area contributed by atoms with Crippen LogP contribution in [0.15, 0.2) is 18.2 Å². The number of rotatable bonds is 3. The van der Waals surface area contributed by atoms with E-state index in [1.54, 1.807) is 18.2 Å². The van der Waals surface area contributed by atoms with Crippen LogP contribution in [-0.2, 0) is 0 Å². The van der Waals surface area contributed by atoms with Crippen molar-refractivity contribution in [2.75, 3.05) is 19.7 Å². The second-order valence-electron chi connectivity index (χ2n) is 5.46. The van der Waals surface area contributed by atoms with Gasteiger partial charge < -0.3 is 10.0 Å². The Morgan fingerprint density at radius 2 is 1.80 bits per heavy atom. The molecule has 0 saturated carbocycles. The third-order valence-corrected chi connectivity index (χ3v) is 4.74. The lowest BCUT2D eigenvalue weighted by Crippen LogP contribution is -2.44. The number of aliphatic hydroxyl groups is 1. The van der Waals surface area contributed by atoms with Crippen LogP contribution in [0.1, 0.15) is 36.5 Å². The van der Waals surface area contributed by atoms with Gasteiger partial charge in [0.25, 0.3) is 5.91 Å². The molecule has 1 heterocycles. The van der Waals surface area contributed by atoms with Crippen molar-refractivity contribution >= 4 is 29.1 Å². The van der Waals surface area contributed by atoms with Gasteiger partial charge in [-0.05, 0) is 42.9 Å². The average molecular weight is 316 g/mol. The van der Waals surface area contributed by atoms with Crippen LogP contribution in [0.2, 0.25) is 10.0 Å². The molecule has 0 radical (unpaired) electrons. The number of benzene rings is 1. The van der Waals surface area contributed by atoms with Gasteiger partial charge in [-0.15, -0.1) is 0 Å². The van der Waals surface area contributed by atoms with Gasteiger partial charge in [-0.2, -0.15) is 0 Å². The first-order valence-electron chi connectivity index (χ1n) is 6.86. The van der Waals surface area contributed by atoms with Gasteiger partial charge in [-0.25, -0.2) is 0 Å². The number of amides is 1. The van der Waals surface area contributed by atoms with E-state index in [4.69, 9.17) is 23.2 Å². The molecule has 1 aromatic carbocycles. The maximum absolute atomic E-state index is 12.4. The van der Waals surface area contributed by atoms with E-state index >= 15 is 0 Å². The Morgan fingerprint density at radius 3 is 2.25 bits per heavy atom. The molecule has 1 amide bonds. The molecule has 3 nitrogen and oxygen atoms in total. The molecule has 1 fully saturated rings. The molecule has 0 bridgehead atoms. The molecule has 1 aliphatic rings. The fourth-order valence-corrected chi connectivity index (χ4v) is 3.19. The Balaban J connectivity index is 2.08. The zero-order valence-corrected chi connectivity index (χ0v) is 13.0. The molecule has 1 aliphatic heterocycles. The molecule has 0 atom stereocenters. The van der Waals surface area contributed by atoms with Crippen molar-refractivity contribution in [1.82, 2.24) is 4.90 Å². The molecular weight excluding hydrogens is 297 g/mol. The normalized spacial score (nSPS) is 18.1. The van der Waals surface area contributed by atoms with Gasteiger partial charge in [0, 0.05) is 35.3 Å². The Morgan fingerprint density at radius 1 is 1.25 bits per heavy atom. The Bertz CT molecular complexity index is 470. The summed E-state index contributed by atoms with van der Waals surface area (Å²) in [6.07, 6.45) is 2.61. The highest BCUT2D eigenvalue weighted by molar-refractivity contribution is 6.35. The maximum atomic E-state index is 12.4. The number of aliphatic hydroxyl groups excluding tert-OH is 1. The van der Waals surface area contributed by atoms with Crippen LogP contribution < -0.4 is 0 Å². The summed E-state index contributed by atoms with van der Waals surface area (Å²) in [7, 11) is 0. The van der Waals surface area contributed by atoms with Crippen LogP contribution in [0.4, 0.5) is 0 Å². The van der Waals surface area contributed by atoms with Crippen LogP contribution in [0.3, 0.4) is 0 Å². The van der Waals surface area contributed by atoms with E-state index < -0.39 is 0 Å². The summed E-state index contributed by atoms with van der Waals surface area (Å²) < 4.78 is 0. The van der Waals surface area contributed by atoms with Gasteiger partial charge in [0.1, 0.15) is 0 Å². The predicted octanol–water partition coefficient (Wildman–Crippen LogP) is 3.62. The lowest BCUT2D eigenvalue weighted by atomic mass is 9.77. The van der Waals surface area contributed by atoms with Gasteiger partial charge in [-0.3, -0.25) is 4.79 Å². The number of carbonyl (C=O) groups is 1. The summed E-state index contributed by atoms with van der Waals surface area (Å²) in [4.78, 5) is 14.2. The van der Waals surface area contributed by atoms with Crippen molar-refractivity contribution in [1.29, 1.82) is 0 Å². The molecule has 20 heavy (non-hydrogen) atoms. The topological polar surface area (TPSA) is 40.5 Å². The fraction of sp³-hybridized carbons (Fsp3) is 0.533. The number of likely N-dealkylation sites (tertiary alicyclic amines) is 1. The summed E-state index contributed by atoms with van der Waals surface area (Å²) in [5.74, 6) is -0.0444. The van der Waals surface area contributed by atoms with Crippen LogP contribution >= 0.6 is 23.2 Å². The van der Waals surface area contributed by atoms with E-state index in [-0.39, 0.29) is 17.9 Å². The monoisotopic (exact) mass is 315 g/mol. The van der Waals surface area contributed by atoms with Crippen LogP contribution in [0, 0.1) is 5.41 Å². The number of hydrogen-bond donors (Lipinski definition) is 1. The van der Waals surface area contributed by atoms with Gasteiger partial charge in [-0.1, -0.05) is 30.1 Å². The summed E-state index contributed by atoms with van der Waals surface area (Å²) in [5, 5.41) is 10.5. The first-order valence-corrected chi connectivity index (χ1v) is 7.61. The summed E-state index contributed by atoms with van der Waals surface area (Å²) in [6, 6.07) is 4.90. The molecule has 2 rings (SSSR count). The second-order valence-corrected chi connectivity index (χ2v) is 6.33. The van der Waals surface area contributed by atoms with Crippen molar-refractivity contribution in [3.63, 3.8) is 0 Å². The van der Waals surface area contributed by atoms with E-state index in [0.29, 0.717) is 28.7 Å². The van der Waals surface area contributed by atoms with E-state index in [0.717, 1.165) is 19.3 Å². The van der Waals surface area contributed by atoms with Crippen molar-refractivity contribution < 1.29 is 9.90 Å². The number of hydrogen-bond acceptors (Lipinski definition) is 2. The first kappa shape index (κ1) is 15.6. The number of piperidine rings is 1. The van der Waals surface area contributed by atoms with Crippen molar-refractivity contribution in [2.24, 2.45) is 5.41 Å². The van der Waals surface area contributed by atoms with Crippen LogP contribution in [0.5, 0.6) is 0 Å². The van der Waals surface area contributed by atoms with Crippen LogP contribution in [-0.4, -0.2) is 35.6 Å². The average Bonchev–Trinajstić information content (AvgIpc) is 2.45. The minimum atomic E-state index is -0.0444. The summed E-state index contributed by atoms with van der Waals surface area (Å²) in [6.45, 7) is 3.60. The fourth-order valence-electron chi connectivity index (χ4n) is 2.67. The van der Waals surface area contributed by atoms with Crippen molar-refractivity contribution in [2.45, 2.75) is 26.2 Å². The molecule has 1 N–H and O–H groups in total. The molecular formula is C15H19Cl2NO2.